The molecular weight excluding hydrogens is 254 g/mol. The summed E-state index contributed by atoms with van der Waals surface area (Å²) in [5.74, 6) is 1.45. The Bertz CT molecular complexity index is 426. The van der Waals surface area contributed by atoms with Gasteiger partial charge in [-0.3, -0.25) is 0 Å². The molecule has 1 atom stereocenters. The van der Waals surface area contributed by atoms with Crippen LogP contribution >= 0.6 is 0 Å². The van der Waals surface area contributed by atoms with Crippen molar-refractivity contribution in [3.05, 3.63) is 23.4 Å². The van der Waals surface area contributed by atoms with E-state index < -0.39 is 0 Å². The van der Waals surface area contributed by atoms with Crippen LogP contribution in [0.25, 0.3) is 0 Å². The molecule has 2 N–H and O–H groups in total. The third kappa shape index (κ3) is 3.91. The van der Waals surface area contributed by atoms with Crippen LogP contribution in [0.4, 0.5) is 5.82 Å². The van der Waals surface area contributed by atoms with Crippen LogP contribution in [0.2, 0.25) is 0 Å². The summed E-state index contributed by atoms with van der Waals surface area (Å²) in [5.41, 5.74) is 2.40. The highest BCUT2D eigenvalue weighted by Crippen LogP contribution is 2.25. The average molecular weight is 279 g/mol. The van der Waals surface area contributed by atoms with Crippen molar-refractivity contribution in [1.29, 1.82) is 0 Å². The number of ether oxygens (including phenoxy) is 1. The van der Waals surface area contributed by atoms with Crippen LogP contribution < -0.4 is 10.2 Å². The molecule has 2 rings (SSSR count). The van der Waals surface area contributed by atoms with Crippen LogP contribution in [-0.4, -0.2) is 50.0 Å². The molecule has 0 spiro atoms. The Morgan fingerprint density at radius 1 is 1.55 bits per heavy atom. The topological polar surface area (TPSA) is 57.6 Å². The van der Waals surface area contributed by atoms with Crippen LogP contribution in [-0.2, 0) is 11.3 Å². The van der Waals surface area contributed by atoms with E-state index in [1.807, 2.05) is 6.20 Å². The lowest BCUT2D eigenvalue weighted by Gasteiger charge is -2.20. The number of nitrogens with one attached hydrogen (secondary N) is 1. The van der Waals surface area contributed by atoms with E-state index in [0.29, 0.717) is 5.92 Å². The first kappa shape index (κ1) is 15.2. The van der Waals surface area contributed by atoms with Gasteiger partial charge < -0.3 is 20.1 Å². The van der Waals surface area contributed by atoms with Crippen molar-refractivity contribution in [1.82, 2.24) is 10.3 Å². The highest BCUT2D eigenvalue weighted by molar-refractivity contribution is 5.48. The molecule has 1 aromatic rings. The Balaban J connectivity index is 1.92. The number of aryl methyl sites for hydroxylation is 1. The molecule has 5 heteroatoms. The van der Waals surface area contributed by atoms with Crippen molar-refractivity contribution in [2.75, 3.05) is 44.9 Å². The summed E-state index contributed by atoms with van der Waals surface area (Å²) in [6.45, 7) is 6.67. The SMILES string of the molecule is COCCNCc1cnc(N2CCC(CO)C2)c(C)c1. The van der Waals surface area contributed by atoms with Crippen LogP contribution in [0.3, 0.4) is 0 Å². The number of anilines is 1. The minimum absolute atomic E-state index is 0.275. The van der Waals surface area contributed by atoms with Gasteiger partial charge in [0.25, 0.3) is 0 Å². The molecule has 1 saturated heterocycles. The largest absolute Gasteiger partial charge is 0.396 e. The molecule has 0 radical (unpaired) electrons. The quantitative estimate of drug-likeness (QED) is 0.728. The minimum atomic E-state index is 0.275. The molecule has 1 unspecified atom stereocenters. The van der Waals surface area contributed by atoms with Gasteiger partial charge >= 0.3 is 0 Å². The Hall–Kier alpha value is -1.17. The Morgan fingerprint density at radius 2 is 2.40 bits per heavy atom. The number of rotatable bonds is 7. The number of aromatic nitrogens is 1. The van der Waals surface area contributed by atoms with Gasteiger partial charge in [0.2, 0.25) is 0 Å². The fraction of sp³-hybridized carbons (Fsp3) is 0.667. The lowest BCUT2D eigenvalue weighted by Crippen LogP contribution is -2.23. The first-order valence-electron chi connectivity index (χ1n) is 7.25. The zero-order valence-corrected chi connectivity index (χ0v) is 12.4. The summed E-state index contributed by atoms with van der Waals surface area (Å²) in [7, 11) is 1.71. The van der Waals surface area contributed by atoms with Crippen LogP contribution in [0.15, 0.2) is 12.3 Å². The van der Waals surface area contributed by atoms with Gasteiger partial charge in [0, 0.05) is 52.0 Å². The van der Waals surface area contributed by atoms with Crippen molar-refractivity contribution in [3.8, 4) is 0 Å². The van der Waals surface area contributed by atoms with Crippen molar-refractivity contribution in [2.24, 2.45) is 5.92 Å². The van der Waals surface area contributed by atoms with Gasteiger partial charge in [0.05, 0.1) is 6.61 Å². The van der Waals surface area contributed by atoms with E-state index in [1.165, 1.54) is 11.1 Å². The predicted molar refractivity (Wildman–Crippen MR) is 80.0 cm³/mol. The summed E-state index contributed by atoms with van der Waals surface area (Å²) < 4.78 is 5.01. The molecule has 1 fully saturated rings. The molecule has 1 aliphatic heterocycles. The number of hydrogen-bond donors (Lipinski definition) is 2. The zero-order chi connectivity index (χ0) is 14.4. The number of aliphatic hydroxyl groups is 1. The minimum Gasteiger partial charge on any atom is -0.396 e. The maximum absolute atomic E-state index is 9.22. The molecular formula is C15H25N3O2. The van der Waals surface area contributed by atoms with E-state index in [2.05, 4.69) is 28.2 Å². The Kier molecular flexibility index (Phi) is 5.76. The lowest BCUT2D eigenvalue weighted by atomic mass is 10.1. The maximum Gasteiger partial charge on any atom is 0.131 e. The second kappa shape index (κ2) is 7.57. The number of pyridine rings is 1. The van der Waals surface area contributed by atoms with Gasteiger partial charge in [-0.05, 0) is 30.5 Å². The number of methoxy groups -OCH3 is 1. The van der Waals surface area contributed by atoms with E-state index in [0.717, 1.165) is 45.0 Å². The predicted octanol–water partition coefficient (Wildman–Crippen LogP) is 0.945. The van der Waals surface area contributed by atoms with E-state index >= 15 is 0 Å². The Labute approximate surface area is 121 Å². The van der Waals surface area contributed by atoms with Gasteiger partial charge in [0.15, 0.2) is 0 Å². The monoisotopic (exact) mass is 279 g/mol. The van der Waals surface area contributed by atoms with Crippen LogP contribution in [0.1, 0.15) is 17.5 Å². The maximum atomic E-state index is 9.22. The van der Waals surface area contributed by atoms with Crippen LogP contribution in [0.5, 0.6) is 0 Å². The molecule has 0 aromatic carbocycles. The molecule has 20 heavy (non-hydrogen) atoms. The summed E-state index contributed by atoms with van der Waals surface area (Å²) in [5, 5.41) is 12.5. The van der Waals surface area contributed by atoms with Gasteiger partial charge in [-0.2, -0.15) is 0 Å². The van der Waals surface area contributed by atoms with Crippen molar-refractivity contribution in [3.63, 3.8) is 0 Å². The molecule has 0 aliphatic carbocycles. The van der Waals surface area contributed by atoms with Gasteiger partial charge in [-0.25, -0.2) is 4.98 Å². The Morgan fingerprint density at radius 3 is 3.05 bits per heavy atom. The van der Waals surface area contributed by atoms with E-state index in [-0.39, 0.29) is 6.61 Å². The van der Waals surface area contributed by atoms with Gasteiger partial charge in [-0.15, -0.1) is 0 Å². The summed E-state index contributed by atoms with van der Waals surface area (Å²) >= 11 is 0. The van der Waals surface area contributed by atoms with Gasteiger partial charge in [0.1, 0.15) is 5.82 Å². The van der Waals surface area contributed by atoms with E-state index in [9.17, 15) is 5.11 Å². The molecule has 1 aromatic heterocycles. The first-order chi connectivity index (χ1) is 9.74. The molecule has 0 amide bonds. The molecule has 5 nitrogen and oxygen atoms in total. The molecule has 0 bridgehead atoms. The smallest absolute Gasteiger partial charge is 0.131 e. The first-order valence-corrected chi connectivity index (χ1v) is 7.25. The molecule has 0 saturated carbocycles. The fourth-order valence-corrected chi connectivity index (χ4v) is 2.63. The lowest BCUT2D eigenvalue weighted by molar-refractivity contribution is 0.199. The third-order valence-corrected chi connectivity index (χ3v) is 3.76. The number of nitrogens with zero attached hydrogens (tertiary/aromatic N) is 2. The second-order valence-electron chi connectivity index (χ2n) is 5.44. The van der Waals surface area contributed by atoms with Crippen molar-refractivity contribution >= 4 is 5.82 Å². The molecule has 112 valence electrons. The highest BCUT2D eigenvalue weighted by atomic mass is 16.5. The van der Waals surface area contributed by atoms with Crippen molar-refractivity contribution < 1.29 is 9.84 Å². The highest BCUT2D eigenvalue weighted by Gasteiger charge is 2.23. The second-order valence-corrected chi connectivity index (χ2v) is 5.44. The average Bonchev–Trinajstić information content (AvgIpc) is 2.92. The van der Waals surface area contributed by atoms with Gasteiger partial charge in [-0.1, -0.05) is 0 Å². The summed E-state index contributed by atoms with van der Waals surface area (Å²) in [6, 6.07) is 2.19. The normalized spacial score (nSPS) is 18.8. The van der Waals surface area contributed by atoms with E-state index in [1.54, 1.807) is 7.11 Å². The molecule has 2 heterocycles. The van der Waals surface area contributed by atoms with Crippen LogP contribution in [0, 0.1) is 12.8 Å². The fourth-order valence-electron chi connectivity index (χ4n) is 2.63. The zero-order valence-electron chi connectivity index (χ0n) is 12.4. The van der Waals surface area contributed by atoms with E-state index in [4.69, 9.17) is 4.74 Å². The van der Waals surface area contributed by atoms with Crippen molar-refractivity contribution in [2.45, 2.75) is 19.9 Å². The third-order valence-electron chi connectivity index (χ3n) is 3.76. The number of aliphatic hydroxyl groups excluding tert-OH is 1. The molecule has 1 aliphatic rings. The standard InChI is InChI=1S/C15H25N3O2/c1-12-7-14(8-16-4-6-20-2)9-17-15(12)18-5-3-13(10-18)11-19/h7,9,13,16,19H,3-6,8,10-11H2,1-2H3. The summed E-state index contributed by atoms with van der Waals surface area (Å²) in [6.07, 6.45) is 2.99. The summed E-state index contributed by atoms with van der Waals surface area (Å²) in [4.78, 5) is 6.88. The number of hydrogen-bond acceptors (Lipinski definition) is 5.